The van der Waals surface area contributed by atoms with Gasteiger partial charge in [-0.2, -0.15) is 0 Å². The van der Waals surface area contributed by atoms with Crippen molar-refractivity contribution in [2.24, 2.45) is 0 Å². The molecule has 1 heterocycles. The summed E-state index contributed by atoms with van der Waals surface area (Å²) in [6.45, 7) is 4.05. The van der Waals surface area contributed by atoms with Crippen LogP contribution in [0.5, 0.6) is 0 Å². The number of carbonyl (C=O) groups excluding carboxylic acids is 2. The number of carbonyl (C=O) groups is 2. The van der Waals surface area contributed by atoms with Crippen molar-refractivity contribution in [3.8, 4) is 0 Å². The van der Waals surface area contributed by atoms with Gasteiger partial charge in [0.05, 0.1) is 9.81 Å². The van der Waals surface area contributed by atoms with Gasteiger partial charge in [0, 0.05) is 0 Å². The van der Waals surface area contributed by atoms with Gasteiger partial charge >= 0.3 is 0 Å². The Bertz CT molecular complexity index is 887. The first-order chi connectivity index (χ1) is 14.0. The predicted molar refractivity (Wildman–Crippen MR) is 127 cm³/mol. The number of benzene rings is 2. The maximum atomic E-state index is 13.0. The smallest absolute Gasteiger partial charge is 0.191 e. The number of thioether (sulfide) groups is 2. The Kier molecular flexibility index (Phi) is 7.73. The fraction of sp³-hybridized carbons (Fsp3) is 0.200. The van der Waals surface area contributed by atoms with E-state index in [1.54, 1.807) is 35.7 Å². The van der Waals surface area contributed by atoms with Gasteiger partial charge in [-0.25, -0.2) is 0 Å². The van der Waals surface area contributed by atoms with Crippen LogP contribution in [0.15, 0.2) is 70.5 Å². The minimum absolute atomic E-state index is 0.235. The third-order valence-corrected chi connectivity index (χ3v) is 7.09. The average Bonchev–Trinajstić information content (AvgIpc) is 2.74. The van der Waals surface area contributed by atoms with Gasteiger partial charge in [-0.05, 0) is 55.1 Å². The van der Waals surface area contributed by atoms with Crippen molar-refractivity contribution in [1.29, 1.82) is 0 Å². The summed E-state index contributed by atoms with van der Waals surface area (Å²) in [5, 5.41) is 0. The lowest BCUT2D eigenvalue weighted by Crippen LogP contribution is -2.12. The molecule has 0 N–H and O–H groups in total. The molecule has 2 aromatic carbocycles. The van der Waals surface area contributed by atoms with E-state index in [1.807, 2.05) is 62.4 Å². The standard InChI is InChI=1S/C25H24O2S2/c1-18-4-8-20(9-5-18)12-14-22(26)24(25-28-16-3-17-29-25)23(27)15-13-21-10-6-19(2)7-11-21/h4-15H,3,16-17H2,1-2H3. The van der Waals surface area contributed by atoms with Gasteiger partial charge in [0.2, 0.25) is 0 Å². The zero-order valence-electron chi connectivity index (χ0n) is 16.7. The first kappa shape index (κ1) is 21.4. The summed E-state index contributed by atoms with van der Waals surface area (Å²) in [4.78, 5) is 25.9. The van der Waals surface area contributed by atoms with E-state index < -0.39 is 0 Å². The largest absolute Gasteiger partial charge is 0.289 e. The molecular weight excluding hydrogens is 396 g/mol. The molecule has 0 radical (unpaired) electrons. The monoisotopic (exact) mass is 420 g/mol. The predicted octanol–water partition coefficient (Wildman–Crippen LogP) is 6.25. The van der Waals surface area contributed by atoms with E-state index in [-0.39, 0.29) is 17.1 Å². The molecule has 0 aromatic heterocycles. The van der Waals surface area contributed by atoms with Gasteiger partial charge in [-0.3, -0.25) is 9.59 Å². The fourth-order valence-corrected chi connectivity index (χ4v) is 5.42. The van der Waals surface area contributed by atoms with E-state index in [0.29, 0.717) is 0 Å². The third-order valence-electron chi connectivity index (χ3n) is 4.46. The molecule has 1 aliphatic rings. The van der Waals surface area contributed by atoms with Crippen LogP contribution in [0.2, 0.25) is 0 Å². The average molecular weight is 421 g/mol. The normalized spacial score (nSPS) is 14.5. The molecular formula is C25H24O2S2. The van der Waals surface area contributed by atoms with Crippen molar-refractivity contribution in [3.63, 3.8) is 0 Å². The Balaban J connectivity index is 1.84. The van der Waals surface area contributed by atoms with Gasteiger partial charge in [-0.1, -0.05) is 71.8 Å². The Labute approximate surface area is 181 Å². The maximum Gasteiger partial charge on any atom is 0.191 e. The van der Waals surface area contributed by atoms with Crippen LogP contribution in [0.4, 0.5) is 0 Å². The highest BCUT2D eigenvalue weighted by molar-refractivity contribution is 8.22. The second kappa shape index (κ2) is 10.5. The van der Waals surface area contributed by atoms with Crippen molar-refractivity contribution in [3.05, 3.63) is 92.7 Å². The highest BCUT2D eigenvalue weighted by Gasteiger charge is 2.22. The van der Waals surface area contributed by atoms with Crippen molar-refractivity contribution in [2.75, 3.05) is 11.5 Å². The van der Waals surface area contributed by atoms with Crippen LogP contribution < -0.4 is 0 Å². The van der Waals surface area contributed by atoms with E-state index in [4.69, 9.17) is 0 Å². The van der Waals surface area contributed by atoms with Gasteiger partial charge in [0.15, 0.2) is 11.6 Å². The number of ketones is 2. The molecule has 0 amide bonds. The molecule has 148 valence electrons. The number of rotatable bonds is 6. The van der Waals surface area contributed by atoms with E-state index in [9.17, 15) is 9.59 Å². The lowest BCUT2D eigenvalue weighted by Gasteiger charge is -2.15. The van der Waals surface area contributed by atoms with Gasteiger partial charge in [0.25, 0.3) is 0 Å². The van der Waals surface area contributed by atoms with Crippen LogP contribution >= 0.6 is 23.5 Å². The molecule has 1 saturated heterocycles. The van der Waals surface area contributed by atoms with Crippen LogP contribution in [0.3, 0.4) is 0 Å². The highest BCUT2D eigenvalue weighted by atomic mass is 32.2. The van der Waals surface area contributed by atoms with Gasteiger partial charge < -0.3 is 0 Å². The highest BCUT2D eigenvalue weighted by Crippen LogP contribution is 2.38. The first-order valence-corrected chi connectivity index (χ1v) is 11.6. The van der Waals surface area contributed by atoms with E-state index >= 15 is 0 Å². The lowest BCUT2D eigenvalue weighted by molar-refractivity contribution is -0.116. The summed E-state index contributed by atoms with van der Waals surface area (Å²) in [5.74, 6) is 1.41. The number of hydrogen-bond acceptors (Lipinski definition) is 4. The van der Waals surface area contributed by atoms with E-state index in [1.165, 1.54) is 23.3 Å². The van der Waals surface area contributed by atoms with E-state index in [0.717, 1.165) is 33.3 Å². The summed E-state index contributed by atoms with van der Waals surface area (Å²) in [5.41, 5.74) is 4.51. The molecule has 0 spiro atoms. The minimum atomic E-state index is -0.235. The van der Waals surface area contributed by atoms with E-state index in [2.05, 4.69) is 0 Å². The molecule has 2 aromatic rings. The summed E-state index contributed by atoms with van der Waals surface area (Å²) in [6, 6.07) is 15.9. The molecule has 1 fully saturated rings. The van der Waals surface area contributed by atoms with Crippen molar-refractivity contribution in [1.82, 2.24) is 0 Å². The molecule has 0 unspecified atom stereocenters. The molecule has 1 aliphatic heterocycles. The Morgan fingerprint density at radius 3 is 1.55 bits per heavy atom. The fourth-order valence-electron chi connectivity index (χ4n) is 2.76. The van der Waals surface area contributed by atoms with Crippen LogP contribution in [0, 0.1) is 13.8 Å². The Morgan fingerprint density at radius 2 is 1.14 bits per heavy atom. The zero-order chi connectivity index (χ0) is 20.6. The Hall–Kier alpha value is -2.30. The summed E-state index contributed by atoms with van der Waals surface area (Å²) < 4.78 is 0.841. The molecule has 29 heavy (non-hydrogen) atoms. The van der Waals surface area contributed by atoms with Crippen molar-refractivity contribution in [2.45, 2.75) is 20.3 Å². The van der Waals surface area contributed by atoms with Crippen LogP contribution in [0.25, 0.3) is 12.2 Å². The zero-order valence-corrected chi connectivity index (χ0v) is 18.3. The van der Waals surface area contributed by atoms with Crippen LogP contribution in [-0.2, 0) is 9.59 Å². The quantitative estimate of drug-likeness (QED) is 0.314. The topological polar surface area (TPSA) is 34.1 Å². The maximum absolute atomic E-state index is 13.0. The van der Waals surface area contributed by atoms with Gasteiger partial charge in [0.1, 0.15) is 0 Å². The molecule has 3 rings (SSSR count). The molecule has 4 heteroatoms. The molecule has 0 bridgehead atoms. The summed E-state index contributed by atoms with van der Waals surface area (Å²) >= 11 is 3.22. The van der Waals surface area contributed by atoms with Crippen LogP contribution in [-0.4, -0.2) is 23.1 Å². The molecule has 2 nitrogen and oxygen atoms in total. The van der Waals surface area contributed by atoms with Crippen molar-refractivity contribution >= 4 is 47.2 Å². The van der Waals surface area contributed by atoms with Crippen LogP contribution in [0.1, 0.15) is 28.7 Å². The second-order valence-electron chi connectivity index (χ2n) is 6.93. The number of aryl methyl sites for hydroxylation is 2. The van der Waals surface area contributed by atoms with Crippen molar-refractivity contribution < 1.29 is 9.59 Å². The summed E-state index contributed by atoms with van der Waals surface area (Å²) in [7, 11) is 0. The second-order valence-corrected chi connectivity index (χ2v) is 9.40. The lowest BCUT2D eigenvalue weighted by atomic mass is 10.0. The molecule has 0 saturated carbocycles. The molecule has 0 atom stereocenters. The van der Waals surface area contributed by atoms with Gasteiger partial charge in [-0.15, -0.1) is 23.5 Å². The molecule has 0 aliphatic carbocycles. The first-order valence-electron chi connectivity index (χ1n) is 9.61. The number of allylic oxidation sites excluding steroid dienone is 3. The third kappa shape index (κ3) is 6.34. The summed E-state index contributed by atoms with van der Waals surface area (Å²) in [6.07, 6.45) is 7.67. The minimum Gasteiger partial charge on any atom is -0.289 e. The SMILES string of the molecule is Cc1ccc(C=CC(=O)C(C(=O)C=Cc2ccc(C)cc2)=C2SCCCS2)cc1. The number of hydrogen-bond donors (Lipinski definition) is 0. The Morgan fingerprint density at radius 1 is 0.724 bits per heavy atom.